The maximum absolute atomic E-state index is 6.57. The van der Waals surface area contributed by atoms with E-state index in [1.54, 1.807) is 0 Å². The molecule has 1 aromatic heterocycles. The second kappa shape index (κ2) is 5.41. The van der Waals surface area contributed by atoms with E-state index in [-0.39, 0.29) is 6.04 Å². The van der Waals surface area contributed by atoms with Crippen LogP contribution in [-0.4, -0.2) is 0 Å². The Morgan fingerprint density at radius 3 is 2.61 bits per heavy atom. The molecule has 1 unspecified atom stereocenters. The average molecular weight is 259 g/mol. The zero-order chi connectivity index (χ0) is 12.4. The lowest BCUT2D eigenvalue weighted by Crippen LogP contribution is -2.21. The lowest BCUT2D eigenvalue weighted by Gasteiger charge is -2.23. The van der Waals surface area contributed by atoms with Crippen LogP contribution in [0, 0.1) is 5.92 Å². The summed E-state index contributed by atoms with van der Waals surface area (Å²) in [7, 11) is 0. The Balaban J connectivity index is 1.90. The quantitative estimate of drug-likeness (QED) is 0.765. The van der Waals surface area contributed by atoms with Crippen molar-refractivity contribution in [2.45, 2.75) is 44.6 Å². The highest BCUT2D eigenvalue weighted by molar-refractivity contribution is 7.17. The maximum Gasteiger partial charge on any atom is 0.0390 e. The van der Waals surface area contributed by atoms with Crippen molar-refractivity contribution in [3.63, 3.8) is 0 Å². The van der Waals surface area contributed by atoms with E-state index in [2.05, 4.69) is 29.6 Å². The SMILES string of the molecule is NC(c1cccc2ccsc12)C1CCCCCC1. The summed E-state index contributed by atoms with van der Waals surface area (Å²) in [6.45, 7) is 0. The van der Waals surface area contributed by atoms with Crippen LogP contribution in [0.4, 0.5) is 0 Å². The molecule has 1 nitrogen and oxygen atoms in total. The van der Waals surface area contributed by atoms with E-state index in [9.17, 15) is 0 Å². The first-order chi connectivity index (χ1) is 8.86. The van der Waals surface area contributed by atoms with Gasteiger partial charge >= 0.3 is 0 Å². The molecular weight excluding hydrogens is 238 g/mol. The maximum atomic E-state index is 6.57. The number of nitrogens with two attached hydrogens (primary N) is 1. The van der Waals surface area contributed by atoms with Gasteiger partial charge in [-0.3, -0.25) is 0 Å². The van der Waals surface area contributed by atoms with Crippen LogP contribution < -0.4 is 5.73 Å². The van der Waals surface area contributed by atoms with Gasteiger partial charge in [0.2, 0.25) is 0 Å². The van der Waals surface area contributed by atoms with E-state index in [0.29, 0.717) is 5.92 Å². The fourth-order valence-electron chi connectivity index (χ4n) is 3.20. The molecule has 0 spiro atoms. The largest absolute Gasteiger partial charge is 0.324 e. The zero-order valence-corrected chi connectivity index (χ0v) is 11.6. The second-order valence-corrected chi connectivity index (χ2v) is 6.38. The van der Waals surface area contributed by atoms with E-state index < -0.39 is 0 Å². The molecule has 3 rings (SSSR count). The van der Waals surface area contributed by atoms with E-state index in [4.69, 9.17) is 5.73 Å². The average Bonchev–Trinajstić information content (AvgIpc) is 2.71. The van der Waals surface area contributed by atoms with Crippen LogP contribution in [-0.2, 0) is 0 Å². The van der Waals surface area contributed by atoms with Crippen LogP contribution in [0.15, 0.2) is 29.6 Å². The van der Waals surface area contributed by atoms with Crippen LogP contribution >= 0.6 is 11.3 Å². The third kappa shape index (κ3) is 2.32. The number of thiophene rings is 1. The number of rotatable bonds is 2. The lowest BCUT2D eigenvalue weighted by atomic mass is 9.87. The van der Waals surface area contributed by atoms with Gasteiger partial charge in [-0.15, -0.1) is 11.3 Å². The number of benzene rings is 1. The first-order valence-corrected chi connectivity index (χ1v) is 7.96. The summed E-state index contributed by atoms with van der Waals surface area (Å²) >= 11 is 1.83. The molecule has 1 atom stereocenters. The summed E-state index contributed by atoms with van der Waals surface area (Å²) in [5, 5.41) is 3.52. The van der Waals surface area contributed by atoms with Gasteiger partial charge < -0.3 is 5.73 Å². The minimum atomic E-state index is 0.227. The standard InChI is InChI=1S/C16H21NS/c17-15(12-6-3-1-2-4-7-12)14-9-5-8-13-10-11-18-16(13)14/h5,8-12,15H,1-4,6-7,17H2. The third-order valence-electron chi connectivity index (χ3n) is 4.28. The first kappa shape index (κ1) is 12.2. The molecule has 0 bridgehead atoms. The smallest absolute Gasteiger partial charge is 0.0390 e. The van der Waals surface area contributed by atoms with Crippen LogP contribution in [0.1, 0.15) is 50.1 Å². The Morgan fingerprint density at radius 2 is 1.83 bits per heavy atom. The zero-order valence-electron chi connectivity index (χ0n) is 10.8. The van der Waals surface area contributed by atoms with E-state index >= 15 is 0 Å². The van der Waals surface area contributed by atoms with Crippen molar-refractivity contribution < 1.29 is 0 Å². The second-order valence-electron chi connectivity index (χ2n) is 5.46. The number of hydrogen-bond donors (Lipinski definition) is 1. The van der Waals surface area contributed by atoms with Crippen LogP contribution in [0.5, 0.6) is 0 Å². The molecule has 0 radical (unpaired) electrons. The summed E-state index contributed by atoms with van der Waals surface area (Å²) in [6.07, 6.45) is 8.13. The molecule has 1 heterocycles. The van der Waals surface area contributed by atoms with Gasteiger partial charge in [0.1, 0.15) is 0 Å². The molecule has 0 aliphatic heterocycles. The predicted octanol–water partition coefficient (Wildman–Crippen LogP) is 4.87. The van der Waals surface area contributed by atoms with Gasteiger partial charge in [0, 0.05) is 10.7 Å². The van der Waals surface area contributed by atoms with Gasteiger partial charge in [-0.1, -0.05) is 43.9 Å². The molecule has 1 aliphatic rings. The highest BCUT2D eigenvalue weighted by Gasteiger charge is 2.22. The molecule has 1 aromatic carbocycles. The number of fused-ring (bicyclic) bond motifs is 1. The molecule has 2 aromatic rings. The highest BCUT2D eigenvalue weighted by atomic mass is 32.1. The Labute approximate surface area is 113 Å². The lowest BCUT2D eigenvalue weighted by molar-refractivity contribution is 0.384. The van der Waals surface area contributed by atoms with E-state index in [1.165, 1.54) is 54.2 Å². The van der Waals surface area contributed by atoms with Crippen molar-refractivity contribution >= 4 is 21.4 Å². The molecule has 0 saturated heterocycles. The van der Waals surface area contributed by atoms with Crippen molar-refractivity contribution in [1.29, 1.82) is 0 Å². The summed E-state index contributed by atoms with van der Waals surface area (Å²) < 4.78 is 1.40. The van der Waals surface area contributed by atoms with Crippen molar-refractivity contribution in [2.24, 2.45) is 11.7 Å². The van der Waals surface area contributed by atoms with Crippen molar-refractivity contribution in [2.75, 3.05) is 0 Å². The summed E-state index contributed by atoms with van der Waals surface area (Å²) in [5.74, 6) is 0.681. The minimum absolute atomic E-state index is 0.227. The van der Waals surface area contributed by atoms with Gasteiger partial charge in [-0.05, 0) is 41.2 Å². The monoisotopic (exact) mass is 259 g/mol. The van der Waals surface area contributed by atoms with Crippen LogP contribution in [0.25, 0.3) is 10.1 Å². The first-order valence-electron chi connectivity index (χ1n) is 7.08. The van der Waals surface area contributed by atoms with Gasteiger partial charge in [0.05, 0.1) is 0 Å². The summed E-state index contributed by atoms with van der Waals surface area (Å²) in [6, 6.07) is 9.00. The Morgan fingerprint density at radius 1 is 1.06 bits per heavy atom. The Hall–Kier alpha value is -0.860. The third-order valence-corrected chi connectivity index (χ3v) is 5.26. The molecular formula is C16H21NS. The fourth-order valence-corrected chi connectivity index (χ4v) is 4.17. The van der Waals surface area contributed by atoms with Crippen LogP contribution in [0.2, 0.25) is 0 Å². The molecule has 18 heavy (non-hydrogen) atoms. The Bertz CT molecular complexity index is 509. The molecule has 0 amide bonds. The molecule has 96 valence electrons. The van der Waals surface area contributed by atoms with E-state index in [1.807, 2.05) is 11.3 Å². The van der Waals surface area contributed by atoms with Gasteiger partial charge in [0.25, 0.3) is 0 Å². The van der Waals surface area contributed by atoms with Crippen molar-refractivity contribution in [3.05, 3.63) is 35.2 Å². The summed E-state index contributed by atoms with van der Waals surface area (Å²) in [4.78, 5) is 0. The fraction of sp³-hybridized carbons (Fsp3) is 0.500. The van der Waals surface area contributed by atoms with Gasteiger partial charge in [0.15, 0.2) is 0 Å². The molecule has 2 N–H and O–H groups in total. The van der Waals surface area contributed by atoms with Gasteiger partial charge in [-0.25, -0.2) is 0 Å². The molecule has 1 saturated carbocycles. The predicted molar refractivity (Wildman–Crippen MR) is 79.9 cm³/mol. The molecule has 2 heteroatoms. The minimum Gasteiger partial charge on any atom is -0.324 e. The normalized spacial score (nSPS) is 19.8. The van der Waals surface area contributed by atoms with Gasteiger partial charge in [-0.2, -0.15) is 0 Å². The van der Waals surface area contributed by atoms with Crippen molar-refractivity contribution in [3.8, 4) is 0 Å². The molecule has 1 aliphatic carbocycles. The number of hydrogen-bond acceptors (Lipinski definition) is 2. The summed E-state index contributed by atoms with van der Waals surface area (Å²) in [5.41, 5.74) is 7.94. The molecule has 1 fully saturated rings. The van der Waals surface area contributed by atoms with E-state index in [0.717, 1.165) is 0 Å². The Kier molecular flexibility index (Phi) is 3.67. The highest BCUT2D eigenvalue weighted by Crippen LogP contribution is 2.36. The topological polar surface area (TPSA) is 26.0 Å². The van der Waals surface area contributed by atoms with Crippen molar-refractivity contribution in [1.82, 2.24) is 0 Å². The van der Waals surface area contributed by atoms with Crippen LogP contribution in [0.3, 0.4) is 0 Å².